The average Bonchev–Trinajstić information content (AvgIpc) is 2.20. The highest BCUT2D eigenvalue weighted by atomic mass is 16.3. The van der Waals surface area contributed by atoms with Crippen molar-refractivity contribution in [3.05, 3.63) is 27.4 Å². The van der Waals surface area contributed by atoms with Crippen molar-refractivity contribution in [2.75, 3.05) is 6.61 Å². The van der Waals surface area contributed by atoms with E-state index in [-0.39, 0.29) is 12.2 Å². The number of aliphatic hydroxyl groups is 1. The molecule has 1 rings (SSSR count). The van der Waals surface area contributed by atoms with Crippen molar-refractivity contribution in [2.24, 2.45) is 5.92 Å². The number of aryl methyl sites for hydroxylation is 2. The Morgan fingerprint density at radius 3 is 2.56 bits per heavy atom. The minimum Gasteiger partial charge on any atom is -0.396 e. The lowest BCUT2D eigenvalue weighted by Gasteiger charge is -2.07. The zero-order valence-electron chi connectivity index (χ0n) is 10.2. The largest absolute Gasteiger partial charge is 0.396 e. The normalized spacial score (nSPS) is 11.1. The fraction of sp³-hybridized carbons (Fsp3) is 0.667. The number of aromatic nitrogens is 2. The molecule has 16 heavy (non-hydrogen) atoms. The first-order valence-corrected chi connectivity index (χ1v) is 5.74. The summed E-state index contributed by atoms with van der Waals surface area (Å²) in [5.74, 6) is 1.35. The van der Waals surface area contributed by atoms with E-state index in [2.05, 4.69) is 23.8 Å². The van der Waals surface area contributed by atoms with Gasteiger partial charge < -0.3 is 10.1 Å². The molecule has 4 heteroatoms. The molecule has 0 amide bonds. The SMILES string of the molecule is Cc1nc(CCC(C)C)[nH]c(=O)c1CCO. The van der Waals surface area contributed by atoms with Gasteiger partial charge in [0.15, 0.2) is 0 Å². The van der Waals surface area contributed by atoms with Gasteiger partial charge >= 0.3 is 0 Å². The molecule has 0 aliphatic rings. The van der Waals surface area contributed by atoms with Crippen LogP contribution in [0.15, 0.2) is 4.79 Å². The lowest BCUT2D eigenvalue weighted by molar-refractivity contribution is 0.298. The summed E-state index contributed by atoms with van der Waals surface area (Å²) in [5, 5.41) is 8.83. The number of hydrogen-bond donors (Lipinski definition) is 2. The lowest BCUT2D eigenvalue weighted by atomic mass is 10.1. The molecule has 0 aliphatic heterocycles. The second-order valence-corrected chi connectivity index (χ2v) is 4.48. The molecular weight excluding hydrogens is 204 g/mol. The summed E-state index contributed by atoms with van der Waals surface area (Å²) in [6.07, 6.45) is 2.19. The van der Waals surface area contributed by atoms with E-state index in [1.807, 2.05) is 6.92 Å². The summed E-state index contributed by atoms with van der Waals surface area (Å²) in [7, 11) is 0. The van der Waals surface area contributed by atoms with Gasteiger partial charge in [-0.05, 0) is 19.3 Å². The minimum atomic E-state index is -0.111. The van der Waals surface area contributed by atoms with Crippen molar-refractivity contribution in [2.45, 2.75) is 40.0 Å². The van der Waals surface area contributed by atoms with E-state index in [0.717, 1.165) is 24.4 Å². The first kappa shape index (κ1) is 12.9. The second-order valence-electron chi connectivity index (χ2n) is 4.48. The van der Waals surface area contributed by atoms with E-state index >= 15 is 0 Å². The smallest absolute Gasteiger partial charge is 0.254 e. The molecule has 90 valence electrons. The molecule has 0 aromatic carbocycles. The molecule has 0 atom stereocenters. The molecule has 0 bridgehead atoms. The van der Waals surface area contributed by atoms with Gasteiger partial charge in [0.2, 0.25) is 0 Å². The van der Waals surface area contributed by atoms with Crippen LogP contribution >= 0.6 is 0 Å². The molecule has 1 aromatic heterocycles. The number of aromatic amines is 1. The predicted molar refractivity (Wildman–Crippen MR) is 63.5 cm³/mol. The van der Waals surface area contributed by atoms with Gasteiger partial charge in [0, 0.05) is 30.7 Å². The van der Waals surface area contributed by atoms with Crippen LogP contribution in [0.1, 0.15) is 37.4 Å². The zero-order valence-corrected chi connectivity index (χ0v) is 10.2. The molecule has 4 nitrogen and oxygen atoms in total. The molecule has 0 radical (unpaired) electrons. The Hall–Kier alpha value is -1.16. The number of nitrogens with zero attached hydrogens (tertiary/aromatic N) is 1. The standard InChI is InChI=1S/C12H20N2O2/c1-8(2)4-5-11-13-9(3)10(6-7-15)12(16)14-11/h8,15H,4-7H2,1-3H3,(H,13,14,16). The number of H-pyrrole nitrogens is 1. The maximum atomic E-state index is 11.7. The number of rotatable bonds is 5. The third-order valence-corrected chi connectivity index (χ3v) is 2.59. The first-order chi connectivity index (χ1) is 7.54. The highest BCUT2D eigenvalue weighted by molar-refractivity contribution is 5.16. The fourth-order valence-electron chi connectivity index (χ4n) is 1.62. The Labute approximate surface area is 95.7 Å². The van der Waals surface area contributed by atoms with Gasteiger partial charge in [-0.15, -0.1) is 0 Å². The van der Waals surface area contributed by atoms with Crippen molar-refractivity contribution in [1.29, 1.82) is 0 Å². The fourth-order valence-corrected chi connectivity index (χ4v) is 1.62. The molecule has 0 unspecified atom stereocenters. The Morgan fingerprint density at radius 1 is 1.38 bits per heavy atom. The highest BCUT2D eigenvalue weighted by Gasteiger charge is 2.07. The minimum absolute atomic E-state index is 0.0169. The molecule has 2 N–H and O–H groups in total. The van der Waals surface area contributed by atoms with Crippen LogP contribution in [-0.2, 0) is 12.8 Å². The Bertz CT molecular complexity index is 396. The average molecular weight is 224 g/mol. The van der Waals surface area contributed by atoms with Crippen molar-refractivity contribution in [3.63, 3.8) is 0 Å². The van der Waals surface area contributed by atoms with E-state index < -0.39 is 0 Å². The molecule has 0 saturated heterocycles. The van der Waals surface area contributed by atoms with Crippen molar-refractivity contribution in [1.82, 2.24) is 9.97 Å². The summed E-state index contributed by atoms with van der Waals surface area (Å²) in [6.45, 7) is 6.09. The van der Waals surface area contributed by atoms with Crippen LogP contribution in [0.4, 0.5) is 0 Å². The molecule has 0 spiro atoms. The first-order valence-electron chi connectivity index (χ1n) is 5.74. The van der Waals surface area contributed by atoms with Gasteiger partial charge in [-0.1, -0.05) is 13.8 Å². The number of nitrogens with one attached hydrogen (secondary N) is 1. The van der Waals surface area contributed by atoms with Crippen LogP contribution in [-0.4, -0.2) is 21.7 Å². The van der Waals surface area contributed by atoms with Gasteiger partial charge in [0.25, 0.3) is 5.56 Å². The van der Waals surface area contributed by atoms with Crippen LogP contribution < -0.4 is 5.56 Å². The maximum absolute atomic E-state index is 11.7. The van der Waals surface area contributed by atoms with E-state index in [0.29, 0.717) is 17.9 Å². The van der Waals surface area contributed by atoms with Crippen LogP contribution in [0.25, 0.3) is 0 Å². The van der Waals surface area contributed by atoms with Crippen LogP contribution in [0.5, 0.6) is 0 Å². The molecule has 1 heterocycles. The quantitative estimate of drug-likeness (QED) is 0.790. The Kier molecular flexibility index (Phi) is 4.68. The summed E-state index contributed by atoms with van der Waals surface area (Å²) >= 11 is 0. The summed E-state index contributed by atoms with van der Waals surface area (Å²) in [4.78, 5) is 18.8. The van der Waals surface area contributed by atoms with Crippen LogP contribution in [0, 0.1) is 12.8 Å². The van der Waals surface area contributed by atoms with Gasteiger partial charge in [0.1, 0.15) is 5.82 Å². The maximum Gasteiger partial charge on any atom is 0.254 e. The Balaban J connectivity index is 2.87. The number of aliphatic hydroxyl groups excluding tert-OH is 1. The van der Waals surface area contributed by atoms with Crippen molar-refractivity contribution in [3.8, 4) is 0 Å². The predicted octanol–water partition coefficient (Wildman–Crippen LogP) is 1.20. The molecule has 0 saturated carbocycles. The molecule has 0 fully saturated rings. The van der Waals surface area contributed by atoms with Crippen molar-refractivity contribution >= 4 is 0 Å². The third kappa shape index (κ3) is 3.45. The summed E-state index contributed by atoms with van der Waals surface area (Å²) in [5.41, 5.74) is 1.22. The molecular formula is C12H20N2O2. The lowest BCUT2D eigenvalue weighted by Crippen LogP contribution is -2.20. The summed E-state index contributed by atoms with van der Waals surface area (Å²) < 4.78 is 0. The van der Waals surface area contributed by atoms with Gasteiger partial charge in [-0.25, -0.2) is 4.98 Å². The van der Waals surface area contributed by atoms with Crippen molar-refractivity contribution < 1.29 is 5.11 Å². The molecule has 0 aliphatic carbocycles. The molecule has 1 aromatic rings. The number of hydrogen-bond acceptors (Lipinski definition) is 3. The van der Waals surface area contributed by atoms with Gasteiger partial charge in [-0.3, -0.25) is 4.79 Å². The highest BCUT2D eigenvalue weighted by Crippen LogP contribution is 2.06. The zero-order chi connectivity index (χ0) is 12.1. The second kappa shape index (κ2) is 5.80. The van der Waals surface area contributed by atoms with Crippen LogP contribution in [0.3, 0.4) is 0 Å². The third-order valence-electron chi connectivity index (χ3n) is 2.59. The van der Waals surface area contributed by atoms with E-state index in [1.54, 1.807) is 0 Å². The van der Waals surface area contributed by atoms with Gasteiger partial charge in [-0.2, -0.15) is 0 Å². The monoisotopic (exact) mass is 224 g/mol. The van der Waals surface area contributed by atoms with E-state index in [4.69, 9.17) is 5.11 Å². The van der Waals surface area contributed by atoms with Gasteiger partial charge in [0.05, 0.1) is 0 Å². The summed E-state index contributed by atoms with van der Waals surface area (Å²) in [6, 6.07) is 0. The van der Waals surface area contributed by atoms with E-state index in [9.17, 15) is 4.79 Å². The Morgan fingerprint density at radius 2 is 2.06 bits per heavy atom. The van der Waals surface area contributed by atoms with Crippen LogP contribution in [0.2, 0.25) is 0 Å². The van der Waals surface area contributed by atoms with E-state index in [1.165, 1.54) is 0 Å². The topological polar surface area (TPSA) is 66.0 Å².